The van der Waals surface area contributed by atoms with Crippen molar-refractivity contribution in [2.75, 3.05) is 5.32 Å². The van der Waals surface area contributed by atoms with Crippen LogP contribution in [-0.4, -0.2) is 16.1 Å². The molecule has 0 bridgehead atoms. The van der Waals surface area contributed by atoms with Crippen LogP contribution >= 0.6 is 22.9 Å². The number of phenols is 2. The van der Waals surface area contributed by atoms with Crippen LogP contribution < -0.4 is 5.32 Å². The summed E-state index contributed by atoms with van der Waals surface area (Å²) in [6, 6.07) is 14.9. The van der Waals surface area contributed by atoms with E-state index in [-0.39, 0.29) is 17.4 Å². The van der Waals surface area contributed by atoms with Gasteiger partial charge in [-0.25, -0.2) is 0 Å². The molecule has 1 aliphatic heterocycles. The van der Waals surface area contributed by atoms with Crippen molar-refractivity contribution in [1.29, 1.82) is 0 Å². The molecule has 120 valence electrons. The van der Waals surface area contributed by atoms with E-state index < -0.39 is 5.41 Å². The molecule has 6 heteroatoms. The van der Waals surface area contributed by atoms with E-state index in [1.807, 2.05) is 0 Å². The van der Waals surface area contributed by atoms with Gasteiger partial charge in [-0.05, 0) is 41.5 Å². The Balaban J connectivity index is 2.05. The Hall–Kier alpha value is -2.50. The number of hydrogen-bond donors (Lipinski definition) is 3. The summed E-state index contributed by atoms with van der Waals surface area (Å²) in [5.41, 5.74) is 1.15. The molecule has 0 unspecified atom stereocenters. The van der Waals surface area contributed by atoms with Gasteiger partial charge in [-0.15, -0.1) is 11.3 Å². The quantitative estimate of drug-likeness (QED) is 0.646. The van der Waals surface area contributed by atoms with Gasteiger partial charge in [0.15, 0.2) is 0 Å². The molecule has 4 rings (SSSR count). The Bertz CT molecular complexity index is 886. The number of nitrogens with one attached hydrogen (secondary N) is 1. The first-order valence-corrected chi connectivity index (χ1v) is 8.41. The van der Waals surface area contributed by atoms with Crippen LogP contribution in [0.15, 0.2) is 54.6 Å². The van der Waals surface area contributed by atoms with Crippen LogP contribution in [0.1, 0.15) is 16.7 Å². The van der Waals surface area contributed by atoms with E-state index in [9.17, 15) is 15.0 Å². The lowest BCUT2D eigenvalue weighted by atomic mass is 9.71. The number of carbonyl (C=O) groups excluding carboxylic acids is 1. The second-order valence-corrected chi connectivity index (χ2v) is 7.27. The van der Waals surface area contributed by atoms with E-state index in [0.717, 1.165) is 16.7 Å². The molecule has 0 spiro atoms. The fraction of sp³-hybridized carbons (Fsp3) is 0.0556. The van der Waals surface area contributed by atoms with Crippen LogP contribution in [0.2, 0.25) is 4.34 Å². The Morgan fingerprint density at radius 1 is 0.917 bits per heavy atom. The van der Waals surface area contributed by atoms with Crippen LogP contribution in [0.5, 0.6) is 11.5 Å². The van der Waals surface area contributed by atoms with Crippen molar-refractivity contribution in [2.24, 2.45) is 0 Å². The fourth-order valence-electron chi connectivity index (χ4n) is 3.21. The minimum Gasteiger partial charge on any atom is -0.508 e. The van der Waals surface area contributed by atoms with Gasteiger partial charge >= 0.3 is 0 Å². The highest BCUT2D eigenvalue weighted by atomic mass is 35.5. The third-order valence-corrected chi connectivity index (χ3v) is 5.45. The molecule has 2 aromatic carbocycles. The number of rotatable bonds is 2. The van der Waals surface area contributed by atoms with Gasteiger partial charge in [-0.2, -0.15) is 0 Å². The summed E-state index contributed by atoms with van der Waals surface area (Å²) in [5, 5.41) is 22.8. The largest absolute Gasteiger partial charge is 0.508 e. The molecule has 0 atom stereocenters. The number of aromatic hydroxyl groups is 2. The van der Waals surface area contributed by atoms with Crippen molar-refractivity contribution in [1.82, 2.24) is 0 Å². The van der Waals surface area contributed by atoms with Gasteiger partial charge in [0.1, 0.15) is 21.9 Å². The number of thiophene rings is 1. The summed E-state index contributed by atoms with van der Waals surface area (Å²) < 4.78 is 0.585. The van der Waals surface area contributed by atoms with Crippen molar-refractivity contribution in [3.05, 3.63) is 75.6 Å². The molecule has 0 saturated heterocycles. The smallest absolute Gasteiger partial charge is 0.244 e. The molecule has 4 nitrogen and oxygen atoms in total. The average molecular weight is 358 g/mol. The first-order valence-electron chi connectivity index (χ1n) is 7.22. The summed E-state index contributed by atoms with van der Waals surface area (Å²) in [4.78, 5) is 13.0. The van der Waals surface area contributed by atoms with Crippen LogP contribution in [0, 0.1) is 0 Å². The zero-order valence-corrected chi connectivity index (χ0v) is 13.9. The van der Waals surface area contributed by atoms with E-state index in [0.29, 0.717) is 9.34 Å². The lowest BCUT2D eigenvalue weighted by Crippen LogP contribution is -2.37. The fourth-order valence-corrected chi connectivity index (χ4v) is 4.39. The molecule has 0 aliphatic carbocycles. The first-order chi connectivity index (χ1) is 11.5. The molecule has 1 aliphatic rings. The number of fused-ring (bicyclic) bond motifs is 1. The van der Waals surface area contributed by atoms with E-state index in [2.05, 4.69) is 5.32 Å². The van der Waals surface area contributed by atoms with Gasteiger partial charge in [0.05, 0.1) is 4.34 Å². The van der Waals surface area contributed by atoms with Crippen LogP contribution in [0.4, 0.5) is 5.00 Å². The number of hydrogen-bond acceptors (Lipinski definition) is 4. The third kappa shape index (κ3) is 2.02. The molecular formula is C18H12ClNO3S. The van der Waals surface area contributed by atoms with Gasteiger partial charge in [0.25, 0.3) is 0 Å². The van der Waals surface area contributed by atoms with E-state index in [4.69, 9.17) is 11.6 Å². The van der Waals surface area contributed by atoms with Crippen LogP contribution in [0.3, 0.4) is 0 Å². The van der Waals surface area contributed by atoms with Gasteiger partial charge in [-0.3, -0.25) is 4.79 Å². The molecule has 0 saturated carbocycles. The maximum atomic E-state index is 13.0. The number of anilines is 1. The Morgan fingerprint density at radius 3 is 1.92 bits per heavy atom. The van der Waals surface area contributed by atoms with Gasteiger partial charge in [0.2, 0.25) is 5.91 Å². The highest BCUT2D eigenvalue weighted by Crippen LogP contribution is 2.52. The standard InChI is InChI=1S/C18H12ClNO3S/c19-15-9-14-16(24-15)20-17(23)18(14,10-1-5-12(21)6-2-10)11-3-7-13(22)8-4-11/h1-9,21-22H,(H,20,23). The van der Waals surface area contributed by atoms with E-state index >= 15 is 0 Å². The monoisotopic (exact) mass is 357 g/mol. The summed E-state index contributed by atoms with van der Waals surface area (Å²) in [6.45, 7) is 0. The Labute approximate surface area is 147 Å². The topological polar surface area (TPSA) is 69.6 Å². The highest BCUT2D eigenvalue weighted by molar-refractivity contribution is 7.20. The molecule has 3 aromatic rings. The maximum absolute atomic E-state index is 13.0. The molecule has 2 heterocycles. The molecular weight excluding hydrogens is 346 g/mol. The van der Waals surface area contributed by atoms with Gasteiger partial charge < -0.3 is 15.5 Å². The predicted octanol–water partition coefficient (Wildman–Crippen LogP) is 4.10. The van der Waals surface area contributed by atoms with Crippen molar-refractivity contribution >= 4 is 33.8 Å². The molecule has 0 radical (unpaired) electrons. The summed E-state index contributed by atoms with van der Waals surface area (Å²) in [7, 11) is 0. The minimum atomic E-state index is -1.07. The number of halogens is 1. The molecule has 0 fully saturated rings. The first kappa shape index (κ1) is 15.1. The van der Waals surface area contributed by atoms with Gasteiger partial charge in [-0.1, -0.05) is 35.9 Å². The zero-order chi connectivity index (χ0) is 16.9. The Morgan fingerprint density at radius 2 is 1.42 bits per heavy atom. The van der Waals surface area contributed by atoms with Crippen molar-refractivity contribution in [3.8, 4) is 11.5 Å². The highest BCUT2D eigenvalue weighted by Gasteiger charge is 2.50. The molecule has 1 amide bonds. The SMILES string of the molecule is O=C1Nc2sc(Cl)cc2C1(c1ccc(O)cc1)c1ccc(O)cc1. The van der Waals surface area contributed by atoms with Gasteiger partial charge in [0, 0.05) is 5.56 Å². The number of phenolic OH excluding ortho intramolecular Hbond substituents is 2. The van der Waals surface area contributed by atoms with Crippen LogP contribution in [-0.2, 0) is 10.2 Å². The van der Waals surface area contributed by atoms with Crippen molar-refractivity contribution < 1.29 is 15.0 Å². The van der Waals surface area contributed by atoms with E-state index in [1.54, 1.807) is 54.6 Å². The number of carbonyl (C=O) groups is 1. The number of amides is 1. The van der Waals surface area contributed by atoms with Crippen LogP contribution in [0.25, 0.3) is 0 Å². The summed E-state index contributed by atoms with van der Waals surface area (Å²) in [6.07, 6.45) is 0. The Kier molecular flexibility index (Phi) is 3.30. The second kappa shape index (κ2) is 5.26. The summed E-state index contributed by atoms with van der Waals surface area (Å²) >= 11 is 7.48. The number of benzene rings is 2. The van der Waals surface area contributed by atoms with Crippen molar-refractivity contribution in [2.45, 2.75) is 5.41 Å². The normalized spacial score (nSPS) is 15.1. The van der Waals surface area contributed by atoms with E-state index in [1.165, 1.54) is 11.3 Å². The zero-order valence-electron chi connectivity index (χ0n) is 12.3. The maximum Gasteiger partial charge on any atom is 0.244 e. The molecule has 3 N–H and O–H groups in total. The minimum absolute atomic E-state index is 0.126. The molecule has 24 heavy (non-hydrogen) atoms. The summed E-state index contributed by atoms with van der Waals surface area (Å²) in [5.74, 6) is 0.0694. The third-order valence-electron chi connectivity index (χ3n) is 4.27. The van der Waals surface area contributed by atoms with Crippen molar-refractivity contribution in [3.63, 3.8) is 0 Å². The molecule has 1 aromatic heterocycles. The second-order valence-electron chi connectivity index (χ2n) is 5.59. The predicted molar refractivity (Wildman–Crippen MR) is 94.1 cm³/mol. The lowest BCUT2D eigenvalue weighted by Gasteiger charge is -2.28. The lowest BCUT2D eigenvalue weighted by molar-refractivity contribution is -0.118. The average Bonchev–Trinajstić information content (AvgIpc) is 3.03.